The first-order chi connectivity index (χ1) is 8.11. The third-order valence-electron chi connectivity index (χ3n) is 2.74. The van der Waals surface area contributed by atoms with Crippen LogP contribution in [0.5, 0.6) is 0 Å². The van der Waals surface area contributed by atoms with Crippen LogP contribution in [0.25, 0.3) is 11.3 Å². The zero-order chi connectivity index (χ0) is 12.4. The number of aryl methyl sites for hydroxylation is 2. The molecule has 1 heterocycles. The molecule has 0 radical (unpaired) electrons. The number of aromatic amines is 1. The first-order valence-corrected chi connectivity index (χ1v) is 5.48. The molecule has 0 saturated heterocycles. The van der Waals surface area contributed by atoms with Crippen molar-refractivity contribution < 1.29 is 0 Å². The fraction of sp³-hybridized carbons (Fsp3) is 0.231. The highest BCUT2D eigenvalue weighted by atomic mass is 16.1. The minimum absolute atomic E-state index is 0.223. The fourth-order valence-corrected chi connectivity index (χ4v) is 1.91. The van der Waals surface area contributed by atoms with Gasteiger partial charge in [0.2, 0.25) is 0 Å². The third-order valence-corrected chi connectivity index (χ3v) is 2.74. The largest absolute Gasteiger partial charge is 0.326 e. The molecular weight excluding hydrogens is 214 g/mol. The van der Waals surface area contributed by atoms with Gasteiger partial charge >= 0.3 is 0 Å². The van der Waals surface area contributed by atoms with Crippen LogP contribution in [0.4, 0.5) is 0 Å². The topological polar surface area (TPSA) is 71.8 Å². The Bertz CT molecular complexity index is 602. The van der Waals surface area contributed by atoms with Crippen molar-refractivity contribution in [3.05, 3.63) is 51.3 Å². The zero-order valence-corrected chi connectivity index (χ0v) is 9.95. The van der Waals surface area contributed by atoms with Crippen LogP contribution >= 0.6 is 0 Å². The van der Waals surface area contributed by atoms with Gasteiger partial charge in [-0.2, -0.15) is 5.10 Å². The van der Waals surface area contributed by atoms with Gasteiger partial charge < -0.3 is 5.73 Å². The highest BCUT2D eigenvalue weighted by Gasteiger charge is 2.09. The van der Waals surface area contributed by atoms with Gasteiger partial charge in [-0.05, 0) is 25.0 Å². The number of hydrogen-bond donors (Lipinski definition) is 2. The molecule has 0 spiro atoms. The van der Waals surface area contributed by atoms with Gasteiger partial charge in [0.1, 0.15) is 0 Å². The summed E-state index contributed by atoms with van der Waals surface area (Å²) in [4.78, 5) is 11.2. The third kappa shape index (κ3) is 2.26. The lowest BCUT2D eigenvalue weighted by molar-refractivity contribution is 0.943. The zero-order valence-electron chi connectivity index (χ0n) is 9.95. The molecule has 3 N–H and O–H groups in total. The lowest BCUT2D eigenvalue weighted by atomic mass is 10.00. The monoisotopic (exact) mass is 229 g/mol. The van der Waals surface area contributed by atoms with Crippen molar-refractivity contribution in [1.82, 2.24) is 10.2 Å². The normalized spacial score (nSPS) is 10.5. The predicted molar refractivity (Wildman–Crippen MR) is 67.7 cm³/mol. The van der Waals surface area contributed by atoms with E-state index in [0.29, 0.717) is 6.54 Å². The molecule has 2 rings (SSSR count). The van der Waals surface area contributed by atoms with Crippen LogP contribution in [0.2, 0.25) is 0 Å². The van der Waals surface area contributed by atoms with Crippen molar-refractivity contribution in [2.45, 2.75) is 20.4 Å². The molecule has 2 aromatic rings. The van der Waals surface area contributed by atoms with Gasteiger partial charge in [-0.15, -0.1) is 0 Å². The summed E-state index contributed by atoms with van der Waals surface area (Å²) in [6.07, 6.45) is 0. The van der Waals surface area contributed by atoms with Gasteiger partial charge in [0.05, 0.1) is 5.69 Å². The fourth-order valence-electron chi connectivity index (χ4n) is 1.91. The molecule has 0 amide bonds. The first-order valence-electron chi connectivity index (χ1n) is 5.48. The molecule has 0 fully saturated rings. The van der Waals surface area contributed by atoms with Crippen LogP contribution in [0.1, 0.15) is 16.7 Å². The van der Waals surface area contributed by atoms with Crippen molar-refractivity contribution in [2.24, 2.45) is 5.73 Å². The number of rotatable bonds is 2. The van der Waals surface area contributed by atoms with Gasteiger partial charge in [0, 0.05) is 18.2 Å². The smallest absolute Gasteiger partial charge is 0.264 e. The second kappa shape index (κ2) is 4.51. The van der Waals surface area contributed by atoms with Crippen LogP contribution in [0, 0.1) is 13.8 Å². The maximum Gasteiger partial charge on any atom is 0.264 e. The lowest BCUT2D eigenvalue weighted by Gasteiger charge is -2.09. The number of nitrogens with zero attached hydrogens (tertiary/aromatic N) is 1. The van der Waals surface area contributed by atoms with Crippen LogP contribution in [-0.2, 0) is 6.54 Å². The summed E-state index contributed by atoms with van der Waals surface area (Å²) in [5.74, 6) is 0. The van der Waals surface area contributed by atoms with Gasteiger partial charge in [-0.25, -0.2) is 5.10 Å². The Hall–Kier alpha value is -1.94. The molecule has 0 aliphatic carbocycles. The van der Waals surface area contributed by atoms with Crippen molar-refractivity contribution in [2.75, 3.05) is 0 Å². The Morgan fingerprint density at radius 1 is 1.29 bits per heavy atom. The molecule has 1 aromatic heterocycles. The summed E-state index contributed by atoms with van der Waals surface area (Å²) in [6, 6.07) is 7.62. The molecule has 0 unspecified atom stereocenters. The van der Waals surface area contributed by atoms with Gasteiger partial charge in [0.15, 0.2) is 0 Å². The van der Waals surface area contributed by atoms with E-state index in [1.807, 2.05) is 26.0 Å². The van der Waals surface area contributed by atoms with Crippen molar-refractivity contribution >= 4 is 0 Å². The van der Waals surface area contributed by atoms with Gasteiger partial charge in [-0.1, -0.05) is 23.8 Å². The molecule has 4 heteroatoms. The summed E-state index contributed by atoms with van der Waals surface area (Å²) in [5.41, 5.74) is 10.3. The molecule has 0 atom stereocenters. The van der Waals surface area contributed by atoms with E-state index in [4.69, 9.17) is 5.73 Å². The van der Waals surface area contributed by atoms with E-state index in [1.165, 1.54) is 11.6 Å². The number of nitrogens with two attached hydrogens (primary N) is 1. The Balaban J connectivity index is 2.63. The van der Waals surface area contributed by atoms with Gasteiger partial charge in [0.25, 0.3) is 5.56 Å². The summed E-state index contributed by atoms with van der Waals surface area (Å²) < 4.78 is 0. The number of benzene rings is 1. The van der Waals surface area contributed by atoms with Crippen molar-refractivity contribution in [1.29, 1.82) is 0 Å². The van der Waals surface area contributed by atoms with Crippen LogP contribution < -0.4 is 11.3 Å². The summed E-state index contributed by atoms with van der Waals surface area (Å²) in [6.45, 7) is 4.37. The highest BCUT2D eigenvalue weighted by molar-refractivity contribution is 5.66. The average Bonchev–Trinajstić information content (AvgIpc) is 2.30. The second-order valence-corrected chi connectivity index (χ2v) is 4.13. The highest BCUT2D eigenvalue weighted by Crippen LogP contribution is 2.24. The number of nitrogens with one attached hydrogen (secondary N) is 1. The van der Waals surface area contributed by atoms with Crippen LogP contribution in [-0.4, -0.2) is 10.2 Å². The van der Waals surface area contributed by atoms with E-state index in [9.17, 15) is 4.79 Å². The van der Waals surface area contributed by atoms with Crippen LogP contribution in [0.15, 0.2) is 29.1 Å². The van der Waals surface area contributed by atoms with Crippen molar-refractivity contribution in [3.63, 3.8) is 0 Å². The molecule has 1 aromatic carbocycles. The number of aromatic nitrogens is 2. The SMILES string of the molecule is Cc1ccc(-c2n[nH]c(=O)cc2CN)c(C)c1. The lowest BCUT2D eigenvalue weighted by Crippen LogP contribution is -2.13. The van der Waals surface area contributed by atoms with E-state index in [0.717, 1.165) is 22.4 Å². The average molecular weight is 229 g/mol. The molecule has 0 aliphatic heterocycles. The molecular formula is C13H15N3O. The molecule has 0 aliphatic rings. The summed E-state index contributed by atoms with van der Waals surface area (Å²) >= 11 is 0. The number of hydrogen-bond acceptors (Lipinski definition) is 3. The Labute approximate surface area is 99.5 Å². The first kappa shape index (κ1) is 11.5. The molecule has 0 saturated carbocycles. The predicted octanol–water partition coefficient (Wildman–Crippen LogP) is 1.51. The number of H-pyrrole nitrogens is 1. The standard InChI is InChI=1S/C13H15N3O/c1-8-3-4-11(9(2)5-8)13-10(7-14)6-12(17)15-16-13/h3-6H,7,14H2,1-2H3,(H,15,17). The van der Waals surface area contributed by atoms with E-state index in [1.54, 1.807) is 0 Å². The molecule has 4 nitrogen and oxygen atoms in total. The van der Waals surface area contributed by atoms with E-state index < -0.39 is 0 Å². The molecule has 88 valence electrons. The summed E-state index contributed by atoms with van der Waals surface area (Å²) in [7, 11) is 0. The van der Waals surface area contributed by atoms with E-state index in [-0.39, 0.29) is 5.56 Å². The van der Waals surface area contributed by atoms with Gasteiger partial charge in [-0.3, -0.25) is 4.79 Å². The van der Waals surface area contributed by atoms with Crippen molar-refractivity contribution in [3.8, 4) is 11.3 Å². The second-order valence-electron chi connectivity index (χ2n) is 4.13. The minimum atomic E-state index is -0.223. The quantitative estimate of drug-likeness (QED) is 0.820. The molecule has 17 heavy (non-hydrogen) atoms. The Kier molecular flexibility index (Phi) is 3.06. The Morgan fingerprint density at radius 2 is 2.06 bits per heavy atom. The Morgan fingerprint density at radius 3 is 2.71 bits per heavy atom. The minimum Gasteiger partial charge on any atom is -0.326 e. The van der Waals surface area contributed by atoms with E-state index in [2.05, 4.69) is 16.3 Å². The maximum atomic E-state index is 11.2. The van der Waals surface area contributed by atoms with Crippen LogP contribution in [0.3, 0.4) is 0 Å². The maximum absolute atomic E-state index is 11.2. The van der Waals surface area contributed by atoms with E-state index >= 15 is 0 Å². The summed E-state index contributed by atoms with van der Waals surface area (Å²) in [5, 5.41) is 6.55. The molecule has 0 bridgehead atoms.